The van der Waals surface area contributed by atoms with E-state index < -0.39 is 0 Å². The number of hydrogen-bond acceptors (Lipinski definition) is 5. The van der Waals surface area contributed by atoms with Gasteiger partial charge in [0.15, 0.2) is 6.29 Å². The molecule has 1 fully saturated rings. The van der Waals surface area contributed by atoms with Crippen LogP contribution in [0.25, 0.3) is 0 Å². The van der Waals surface area contributed by atoms with Crippen LogP contribution < -0.4 is 0 Å². The molecular formula is C29H55NO3S. The Bertz CT molecular complexity index is 476. The van der Waals surface area contributed by atoms with Crippen molar-refractivity contribution in [3.8, 4) is 0 Å². The van der Waals surface area contributed by atoms with Gasteiger partial charge >= 0.3 is 0 Å². The summed E-state index contributed by atoms with van der Waals surface area (Å²) in [5.74, 6) is 1.12. The Kier molecular flexibility index (Phi) is 19.4. The molecule has 0 aliphatic carbocycles. The van der Waals surface area contributed by atoms with Crippen molar-refractivity contribution in [2.75, 3.05) is 32.2 Å². The third kappa shape index (κ3) is 16.4. The van der Waals surface area contributed by atoms with Crippen LogP contribution in [0, 0.1) is 0 Å². The lowest BCUT2D eigenvalue weighted by Crippen LogP contribution is -2.19. The zero-order valence-corrected chi connectivity index (χ0v) is 23.2. The van der Waals surface area contributed by atoms with Gasteiger partial charge in [0.05, 0.1) is 19.1 Å². The molecule has 0 aromatic rings. The summed E-state index contributed by atoms with van der Waals surface area (Å²) >= 11 is 1.88. The molecule has 0 aromatic heterocycles. The molecule has 2 heterocycles. The SMILES string of the molecule is CCCCCCCCCCCCCCCCCC1OCC(COCCCCCN2C=CSC2)O1. The Morgan fingerprint density at radius 3 is 2.03 bits per heavy atom. The number of thioether (sulfide) groups is 1. The fraction of sp³-hybridized carbons (Fsp3) is 0.931. The Morgan fingerprint density at radius 1 is 0.794 bits per heavy atom. The average Bonchev–Trinajstić information content (AvgIpc) is 3.53. The van der Waals surface area contributed by atoms with Crippen LogP contribution in [0.15, 0.2) is 11.6 Å². The minimum atomic E-state index is 0.00181. The first kappa shape index (κ1) is 30.0. The monoisotopic (exact) mass is 497 g/mol. The van der Waals surface area contributed by atoms with E-state index in [0.29, 0.717) is 13.2 Å². The van der Waals surface area contributed by atoms with Crippen molar-refractivity contribution in [1.82, 2.24) is 4.90 Å². The molecule has 0 radical (unpaired) electrons. The van der Waals surface area contributed by atoms with Gasteiger partial charge in [-0.3, -0.25) is 0 Å². The highest BCUT2D eigenvalue weighted by Crippen LogP contribution is 2.19. The summed E-state index contributed by atoms with van der Waals surface area (Å²) in [6.45, 7) is 5.68. The lowest BCUT2D eigenvalue weighted by atomic mass is 10.0. The minimum Gasteiger partial charge on any atom is -0.379 e. The molecule has 0 bridgehead atoms. The van der Waals surface area contributed by atoms with E-state index >= 15 is 0 Å². The van der Waals surface area contributed by atoms with E-state index in [0.717, 1.165) is 25.3 Å². The number of nitrogens with zero attached hydrogens (tertiary/aromatic N) is 1. The number of hydrogen-bond donors (Lipinski definition) is 0. The van der Waals surface area contributed by atoms with E-state index in [2.05, 4.69) is 23.4 Å². The Balaban J connectivity index is 1.25. The molecule has 0 aromatic carbocycles. The van der Waals surface area contributed by atoms with Crippen molar-refractivity contribution in [2.45, 2.75) is 141 Å². The maximum absolute atomic E-state index is 6.01. The summed E-state index contributed by atoms with van der Waals surface area (Å²) in [7, 11) is 0. The summed E-state index contributed by atoms with van der Waals surface area (Å²) in [5.41, 5.74) is 0. The van der Waals surface area contributed by atoms with Crippen molar-refractivity contribution in [1.29, 1.82) is 0 Å². The van der Waals surface area contributed by atoms with E-state index in [1.54, 1.807) is 0 Å². The van der Waals surface area contributed by atoms with Gasteiger partial charge < -0.3 is 19.1 Å². The van der Waals surface area contributed by atoms with Gasteiger partial charge in [0, 0.05) is 19.4 Å². The van der Waals surface area contributed by atoms with Crippen LogP contribution in [0.1, 0.15) is 129 Å². The maximum atomic E-state index is 6.01. The first-order valence-corrected chi connectivity index (χ1v) is 15.8. The van der Waals surface area contributed by atoms with Crippen molar-refractivity contribution >= 4 is 11.8 Å². The lowest BCUT2D eigenvalue weighted by molar-refractivity contribution is -0.0761. The van der Waals surface area contributed by atoms with Crippen molar-refractivity contribution in [3.05, 3.63) is 11.6 Å². The lowest BCUT2D eigenvalue weighted by Gasteiger charge is -2.14. The van der Waals surface area contributed by atoms with E-state index in [9.17, 15) is 0 Å². The molecule has 1 saturated heterocycles. The van der Waals surface area contributed by atoms with Crippen molar-refractivity contribution in [2.24, 2.45) is 0 Å². The Hall–Kier alpha value is -0.230. The van der Waals surface area contributed by atoms with E-state index in [1.807, 2.05) is 11.8 Å². The average molecular weight is 498 g/mol. The van der Waals surface area contributed by atoms with Crippen molar-refractivity contribution < 1.29 is 14.2 Å². The fourth-order valence-electron chi connectivity index (χ4n) is 4.79. The molecule has 2 unspecified atom stereocenters. The molecule has 2 rings (SSSR count). The second kappa shape index (κ2) is 22.0. The molecule has 0 saturated carbocycles. The van der Waals surface area contributed by atoms with Gasteiger partial charge in [-0.25, -0.2) is 0 Å². The minimum absolute atomic E-state index is 0.00181. The van der Waals surface area contributed by atoms with Crippen molar-refractivity contribution in [3.63, 3.8) is 0 Å². The molecule has 2 atom stereocenters. The highest BCUT2D eigenvalue weighted by Gasteiger charge is 2.25. The molecule has 2 aliphatic rings. The summed E-state index contributed by atoms with van der Waals surface area (Å²) in [6.07, 6.45) is 28.1. The Morgan fingerprint density at radius 2 is 1.41 bits per heavy atom. The number of ether oxygens (including phenoxy) is 3. The first-order chi connectivity index (χ1) is 16.9. The van der Waals surface area contributed by atoms with Gasteiger partial charge in [-0.05, 0) is 37.5 Å². The van der Waals surface area contributed by atoms with Crippen LogP contribution in [0.5, 0.6) is 0 Å². The quantitative estimate of drug-likeness (QED) is 0.125. The molecule has 200 valence electrons. The highest BCUT2D eigenvalue weighted by atomic mass is 32.2. The van der Waals surface area contributed by atoms with Gasteiger partial charge in [-0.2, -0.15) is 0 Å². The predicted octanol–water partition coefficient (Wildman–Crippen LogP) is 8.65. The molecule has 0 N–H and O–H groups in total. The normalized spacial score (nSPS) is 20.1. The number of unbranched alkanes of at least 4 members (excludes halogenated alkanes) is 16. The van der Waals surface area contributed by atoms with E-state index in [4.69, 9.17) is 14.2 Å². The van der Waals surface area contributed by atoms with Gasteiger partial charge in [0.1, 0.15) is 6.10 Å². The van der Waals surface area contributed by atoms with Crippen LogP contribution in [0.3, 0.4) is 0 Å². The standard InChI is InChI=1S/C29H55NO3S/c1-2-3-4-5-6-7-8-9-10-11-12-13-14-15-17-20-29-32-26-28(33-29)25-31-23-19-16-18-21-30-22-24-34-27-30/h22,24,28-29H,2-21,23,25-27H2,1H3. The molecule has 0 spiro atoms. The smallest absolute Gasteiger partial charge is 0.158 e. The van der Waals surface area contributed by atoms with Crippen LogP contribution in [0.4, 0.5) is 0 Å². The van der Waals surface area contributed by atoms with Gasteiger partial charge in [-0.15, -0.1) is 11.8 Å². The topological polar surface area (TPSA) is 30.9 Å². The van der Waals surface area contributed by atoms with Crippen LogP contribution >= 0.6 is 11.8 Å². The van der Waals surface area contributed by atoms with E-state index in [1.165, 1.54) is 116 Å². The fourth-order valence-corrected chi connectivity index (χ4v) is 5.54. The van der Waals surface area contributed by atoms with Gasteiger partial charge in [0.25, 0.3) is 0 Å². The maximum Gasteiger partial charge on any atom is 0.158 e. The summed E-state index contributed by atoms with van der Waals surface area (Å²) in [6, 6.07) is 0. The Labute approximate surface area is 215 Å². The largest absolute Gasteiger partial charge is 0.379 e. The zero-order valence-electron chi connectivity index (χ0n) is 22.4. The third-order valence-electron chi connectivity index (χ3n) is 7.00. The third-order valence-corrected chi connectivity index (χ3v) is 7.80. The van der Waals surface area contributed by atoms with Crippen LogP contribution in [-0.2, 0) is 14.2 Å². The summed E-state index contributed by atoms with van der Waals surface area (Å²) in [4.78, 5) is 2.38. The molecule has 0 amide bonds. The number of rotatable bonds is 24. The van der Waals surface area contributed by atoms with Gasteiger partial charge in [0.2, 0.25) is 0 Å². The molecule has 34 heavy (non-hydrogen) atoms. The summed E-state index contributed by atoms with van der Waals surface area (Å²) < 4.78 is 17.7. The van der Waals surface area contributed by atoms with Crippen LogP contribution in [-0.4, -0.2) is 49.5 Å². The zero-order chi connectivity index (χ0) is 23.9. The molecule has 2 aliphatic heterocycles. The summed E-state index contributed by atoms with van der Waals surface area (Å²) in [5, 5.41) is 2.18. The predicted molar refractivity (Wildman–Crippen MR) is 147 cm³/mol. The van der Waals surface area contributed by atoms with Gasteiger partial charge in [-0.1, -0.05) is 96.8 Å². The second-order valence-electron chi connectivity index (χ2n) is 10.3. The molecule has 5 heteroatoms. The molecule has 4 nitrogen and oxygen atoms in total. The second-order valence-corrected chi connectivity index (χ2v) is 11.2. The van der Waals surface area contributed by atoms with Crippen LogP contribution in [0.2, 0.25) is 0 Å². The molecular weight excluding hydrogens is 442 g/mol. The van der Waals surface area contributed by atoms with E-state index in [-0.39, 0.29) is 12.4 Å². The first-order valence-electron chi connectivity index (χ1n) is 14.8. The highest BCUT2D eigenvalue weighted by molar-refractivity contribution is 8.02.